The summed E-state index contributed by atoms with van der Waals surface area (Å²) < 4.78 is 29.9. The van der Waals surface area contributed by atoms with Crippen molar-refractivity contribution in [2.24, 2.45) is 5.14 Å². The van der Waals surface area contributed by atoms with Crippen LogP contribution in [0.15, 0.2) is 51.2 Å². The Morgan fingerprint density at radius 1 is 1.28 bits per heavy atom. The molecule has 0 radical (unpaired) electrons. The lowest BCUT2D eigenvalue weighted by molar-refractivity contribution is -0.113. The number of primary sulfonamides is 1. The lowest BCUT2D eigenvalue weighted by atomic mass is 10.2. The molecule has 3 N–H and O–H groups in total. The van der Waals surface area contributed by atoms with Crippen molar-refractivity contribution in [3.63, 3.8) is 0 Å². The first-order chi connectivity index (χ1) is 15.1. The number of amides is 1. The summed E-state index contributed by atoms with van der Waals surface area (Å²) in [6, 6.07) is 9.25. The molecular formula is C20H21ClN4O5S2. The Bertz CT molecular complexity index is 1340. The molecule has 0 fully saturated rings. The number of sulfonamides is 1. The number of carbonyl (C=O) groups is 1. The van der Waals surface area contributed by atoms with E-state index in [-0.39, 0.29) is 22.8 Å². The van der Waals surface area contributed by atoms with Crippen molar-refractivity contribution in [3.05, 3.63) is 57.3 Å². The molecule has 1 heterocycles. The molecule has 170 valence electrons. The minimum absolute atomic E-state index is 0.0653. The molecule has 0 unspecified atom stereocenters. The molecule has 9 nitrogen and oxygen atoms in total. The molecule has 0 atom stereocenters. The quantitative estimate of drug-likeness (QED) is 0.361. The van der Waals surface area contributed by atoms with Crippen LogP contribution in [-0.4, -0.2) is 43.3 Å². The van der Waals surface area contributed by atoms with E-state index < -0.39 is 15.9 Å². The molecule has 12 heteroatoms. The Morgan fingerprint density at radius 3 is 2.72 bits per heavy atom. The average Bonchev–Trinajstić information content (AvgIpc) is 2.72. The summed E-state index contributed by atoms with van der Waals surface area (Å²) in [5, 5.41) is 9.04. The Hall–Kier alpha value is -2.44. The van der Waals surface area contributed by atoms with E-state index in [0.29, 0.717) is 38.9 Å². The molecule has 3 aromatic rings. The third-order valence-electron chi connectivity index (χ3n) is 4.51. The summed E-state index contributed by atoms with van der Waals surface area (Å²) in [4.78, 5) is 29.8. The van der Waals surface area contributed by atoms with Crippen LogP contribution in [0.1, 0.15) is 5.56 Å². The molecule has 3 rings (SSSR count). The van der Waals surface area contributed by atoms with E-state index in [1.165, 1.54) is 17.7 Å². The average molecular weight is 497 g/mol. The monoisotopic (exact) mass is 496 g/mol. The number of aromatic nitrogens is 2. The largest absolute Gasteiger partial charge is 0.383 e. The second-order valence-electron chi connectivity index (χ2n) is 6.87. The summed E-state index contributed by atoms with van der Waals surface area (Å²) in [5.74, 6) is -0.470. The predicted octanol–water partition coefficient (Wildman–Crippen LogP) is 2.38. The second-order valence-corrected chi connectivity index (χ2v) is 9.78. The number of aryl methyl sites for hydroxylation is 1. The highest BCUT2D eigenvalue weighted by atomic mass is 35.5. The molecule has 2 aromatic carbocycles. The number of ether oxygens (including phenoxy) is 1. The van der Waals surface area contributed by atoms with E-state index in [9.17, 15) is 18.0 Å². The van der Waals surface area contributed by atoms with E-state index in [1.807, 2.05) is 0 Å². The number of carbonyl (C=O) groups excluding carboxylic acids is 1. The number of nitrogens with one attached hydrogen (secondary N) is 1. The van der Waals surface area contributed by atoms with Crippen molar-refractivity contribution in [1.82, 2.24) is 9.55 Å². The Kier molecular flexibility index (Phi) is 7.57. The van der Waals surface area contributed by atoms with Crippen LogP contribution >= 0.6 is 23.4 Å². The van der Waals surface area contributed by atoms with Gasteiger partial charge in [0.25, 0.3) is 5.56 Å². The number of anilines is 1. The van der Waals surface area contributed by atoms with Gasteiger partial charge in [0.15, 0.2) is 5.16 Å². The SMILES string of the molecule is COCCn1c(SCC(=O)Nc2ccc(C)c(S(N)(=O)=O)c2)nc2cc(Cl)ccc2c1=O. The standard InChI is InChI=1S/C20H21ClN4O5S2/c1-12-3-5-14(10-17(12)32(22,28)29)23-18(26)11-31-20-24-16-9-13(21)4-6-15(16)19(27)25(20)7-8-30-2/h3-6,9-10H,7-8,11H2,1-2H3,(H,23,26)(H2,22,28,29). The molecule has 0 saturated heterocycles. The maximum absolute atomic E-state index is 12.9. The maximum atomic E-state index is 12.9. The van der Waals surface area contributed by atoms with Gasteiger partial charge >= 0.3 is 0 Å². The van der Waals surface area contributed by atoms with Gasteiger partial charge in [-0.2, -0.15) is 0 Å². The van der Waals surface area contributed by atoms with Crippen molar-refractivity contribution >= 4 is 55.9 Å². The first-order valence-electron chi connectivity index (χ1n) is 9.35. The van der Waals surface area contributed by atoms with Crippen molar-refractivity contribution in [1.29, 1.82) is 0 Å². The number of nitrogens with two attached hydrogens (primary N) is 1. The zero-order valence-electron chi connectivity index (χ0n) is 17.3. The molecule has 0 aliphatic carbocycles. The van der Waals surface area contributed by atoms with Crippen LogP contribution in [0.5, 0.6) is 0 Å². The molecule has 0 aliphatic rings. The second kappa shape index (κ2) is 10.0. The number of halogens is 1. The highest BCUT2D eigenvalue weighted by molar-refractivity contribution is 7.99. The zero-order chi connectivity index (χ0) is 23.5. The lowest BCUT2D eigenvalue weighted by Crippen LogP contribution is -2.26. The molecular weight excluding hydrogens is 476 g/mol. The lowest BCUT2D eigenvalue weighted by Gasteiger charge is -2.13. The minimum atomic E-state index is -3.92. The van der Waals surface area contributed by atoms with Crippen LogP contribution in [0, 0.1) is 6.92 Å². The highest BCUT2D eigenvalue weighted by Gasteiger charge is 2.16. The predicted molar refractivity (Wildman–Crippen MR) is 125 cm³/mol. The number of hydrogen-bond acceptors (Lipinski definition) is 7. The van der Waals surface area contributed by atoms with Crippen molar-refractivity contribution < 1.29 is 17.9 Å². The van der Waals surface area contributed by atoms with Gasteiger partial charge in [-0.05, 0) is 42.8 Å². The fourth-order valence-corrected chi connectivity index (χ4v) is 4.78. The molecule has 32 heavy (non-hydrogen) atoms. The zero-order valence-corrected chi connectivity index (χ0v) is 19.7. The van der Waals surface area contributed by atoms with E-state index in [2.05, 4.69) is 10.3 Å². The van der Waals surface area contributed by atoms with E-state index >= 15 is 0 Å². The van der Waals surface area contributed by atoms with Crippen molar-refractivity contribution in [2.45, 2.75) is 23.5 Å². The fraction of sp³-hybridized carbons (Fsp3) is 0.250. The number of benzene rings is 2. The number of hydrogen-bond donors (Lipinski definition) is 2. The van der Waals surface area contributed by atoms with Crippen molar-refractivity contribution in [2.75, 3.05) is 24.8 Å². The van der Waals surface area contributed by atoms with Gasteiger partial charge in [-0.3, -0.25) is 14.2 Å². The maximum Gasteiger partial charge on any atom is 0.262 e. The summed E-state index contributed by atoms with van der Waals surface area (Å²) in [5.41, 5.74) is 0.930. The minimum Gasteiger partial charge on any atom is -0.383 e. The van der Waals surface area contributed by atoms with Gasteiger partial charge in [-0.15, -0.1) is 0 Å². The van der Waals surface area contributed by atoms with Gasteiger partial charge in [-0.1, -0.05) is 29.4 Å². The molecule has 0 spiro atoms. The Balaban J connectivity index is 1.83. The van der Waals surface area contributed by atoms with Gasteiger partial charge in [0.1, 0.15) is 0 Å². The first-order valence-corrected chi connectivity index (χ1v) is 12.3. The van der Waals surface area contributed by atoms with Gasteiger partial charge in [0.05, 0.1) is 34.7 Å². The van der Waals surface area contributed by atoms with Crippen LogP contribution in [-0.2, 0) is 26.1 Å². The van der Waals surface area contributed by atoms with Crippen molar-refractivity contribution in [3.8, 4) is 0 Å². The smallest absolute Gasteiger partial charge is 0.262 e. The number of rotatable bonds is 8. The normalized spacial score (nSPS) is 11.6. The summed E-state index contributed by atoms with van der Waals surface area (Å²) in [7, 11) is -2.39. The van der Waals surface area contributed by atoms with E-state index in [4.69, 9.17) is 21.5 Å². The van der Waals surface area contributed by atoms with Crippen LogP contribution in [0.2, 0.25) is 5.02 Å². The number of nitrogens with zero attached hydrogens (tertiary/aromatic N) is 2. The van der Waals surface area contributed by atoms with E-state index in [1.54, 1.807) is 37.3 Å². The molecule has 1 amide bonds. The number of fused-ring (bicyclic) bond motifs is 1. The third-order valence-corrected chi connectivity index (χ3v) is 6.78. The van der Waals surface area contributed by atoms with Crippen LogP contribution in [0.4, 0.5) is 5.69 Å². The van der Waals surface area contributed by atoms with Gasteiger partial charge in [0.2, 0.25) is 15.9 Å². The van der Waals surface area contributed by atoms with Gasteiger partial charge in [0, 0.05) is 17.8 Å². The number of thioether (sulfide) groups is 1. The van der Waals surface area contributed by atoms with Gasteiger partial charge < -0.3 is 10.1 Å². The summed E-state index contributed by atoms with van der Waals surface area (Å²) in [6.45, 7) is 2.17. The molecule has 1 aromatic heterocycles. The van der Waals surface area contributed by atoms with Gasteiger partial charge in [-0.25, -0.2) is 18.5 Å². The molecule has 0 aliphatic heterocycles. The Labute approximate surface area is 194 Å². The van der Waals surface area contributed by atoms with E-state index in [0.717, 1.165) is 11.8 Å². The fourth-order valence-electron chi connectivity index (χ4n) is 2.98. The van der Waals surface area contributed by atoms with Crippen LogP contribution in [0.25, 0.3) is 10.9 Å². The van der Waals surface area contributed by atoms with Crippen LogP contribution in [0.3, 0.4) is 0 Å². The highest BCUT2D eigenvalue weighted by Crippen LogP contribution is 2.22. The number of methoxy groups -OCH3 is 1. The first kappa shape index (κ1) is 24.2. The summed E-state index contributed by atoms with van der Waals surface area (Å²) in [6.07, 6.45) is 0. The topological polar surface area (TPSA) is 133 Å². The third kappa shape index (κ3) is 5.67. The summed E-state index contributed by atoms with van der Waals surface area (Å²) >= 11 is 7.10. The molecule has 0 bridgehead atoms. The Morgan fingerprint density at radius 2 is 2.03 bits per heavy atom. The van der Waals surface area contributed by atoms with Crippen LogP contribution < -0.4 is 16.0 Å². The molecule has 0 saturated carbocycles.